The monoisotopic (exact) mass is 224 g/mol. The van der Waals surface area contributed by atoms with E-state index in [1.54, 1.807) is 18.2 Å². The largest absolute Gasteiger partial charge is 0.478 e. The minimum absolute atomic E-state index is 0.148. The Labute approximate surface area is 92.0 Å². The average molecular weight is 225 g/mol. The van der Waals surface area contributed by atoms with Gasteiger partial charge in [0.15, 0.2) is 5.78 Å². The van der Waals surface area contributed by atoms with E-state index in [9.17, 15) is 9.59 Å². The second kappa shape index (κ2) is 4.75. The highest BCUT2D eigenvalue weighted by Crippen LogP contribution is 2.18. The molecule has 15 heavy (non-hydrogen) atoms. The molecule has 1 aromatic carbocycles. The zero-order valence-corrected chi connectivity index (χ0v) is 8.78. The van der Waals surface area contributed by atoms with E-state index in [4.69, 9.17) is 16.7 Å². The van der Waals surface area contributed by atoms with Crippen molar-refractivity contribution in [1.29, 1.82) is 0 Å². The van der Waals surface area contributed by atoms with Crippen LogP contribution in [0.4, 0.5) is 0 Å². The SMILES string of the molecule is CC(=O)c1cc(C=CC(=O)O)ccc1Cl. The second-order valence-corrected chi connectivity index (χ2v) is 3.37. The summed E-state index contributed by atoms with van der Waals surface area (Å²) >= 11 is 5.79. The number of Topliss-reactive ketones (excluding diaryl/α,β-unsaturated/α-hetero) is 1. The highest BCUT2D eigenvalue weighted by molar-refractivity contribution is 6.33. The van der Waals surface area contributed by atoms with E-state index in [1.807, 2.05) is 0 Å². The minimum atomic E-state index is -1.03. The Kier molecular flexibility index (Phi) is 3.63. The van der Waals surface area contributed by atoms with Gasteiger partial charge in [0.05, 0.1) is 5.02 Å². The van der Waals surface area contributed by atoms with Crippen LogP contribution in [0.1, 0.15) is 22.8 Å². The zero-order chi connectivity index (χ0) is 11.4. The summed E-state index contributed by atoms with van der Waals surface area (Å²) in [4.78, 5) is 21.4. The molecular formula is C11H9ClO3. The van der Waals surface area contributed by atoms with Crippen molar-refractivity contribution >= 4 is 29.4 Å². The molecule has 0 aliphatic carbocycles. The Morgan fingerprint density at radius 3 is 2.60 bits per heavy atom. The third kappa shape index (κ3) is 3.22. The van der Waals surface area contributed by atoms with Crippen molar-refractivity contribution in [2.24, 2.45) is 0 Å². The van der Waals surface area contributed by atoms with Crippen LogP contribution < -0.4 is 0 Å². The Morgan fingerprint density at radius 1 is 1.40 bits per heavy atom. The van der Waals surface area contributed by atoms with Crippen molar-refractivity contribution in [2.75, 3.05) is 0 Å². The molecule has 0 atom stereocenters. The van der Waals surface area contributed by atoms with Crippen molar-refractivity contribution in [3.8, 4) is 0 Å². The molecule has 1 aromatic rings. The first-order valence-electron chi connectivity index (χ1n) is 4.22. The molecule has 0 aliphatic rings. The molecule has 0 heterocycles. The Balaban J connectivity index is 3.08. The van der Waals surface area contributed by atoms with Gasteiger partial charge in [-0.25, -0.2) is 4.79 Å². The maximum absolute atomic E-state index is 11.1. The van der Waals surface area contributed by atoms with Crippen LogP contribution in [0.25, 0.3) is 6.08 Å². The quantitative estimate of drug-likeness (QED) is 0.634. The van der Waals surface area contributed by atoms with E-state index >= 15 is 0 Å². The number of carbonyl (C=O) groups is 2. The van der Waals surface area contributed by atoms with E-state index in [0.29, 0.717) is 16.1 Å². The van der Waals surface area contributed by atoms with Crippen molar-refractivity contribution in [3.63, 3.8) is 0 Å². The van der Waals surface area contributed by atoms with Crippen LogP contribution in [0, 0.1) is 0 Å². The lowest BCUT2D eigenvalue weighted by atomic mass is 10.1. The number of benzene rings is 1. The smallest absolute Gasteiger partial charge is 0.328 e. The first-order chi connectivity index (χ1) is 7.00. The van der Waals surface area contributed by atoms with Crippen molar-refractivity contribution in [2.45, 2.75) is 6.92 Å². The van der Waals surface area contributed by atoms with Crippen molar-refractivity contribution in [3.05, 3.63) is 40.4 Å². The Hall–Kier alpha value is -1.61. The van der Waals surface area contributed by atoms with Gasteiger partial charge in [-0.3, -0.25) is 4.79 Å². The summed E-state index contributed by atoms with van der Waals surface area (Å²) in [6.45, 7) is 1.41. The second-order valence-electron chi connectivity index (χ2n) is 2.97. The number of hydrogen-bond donors (Lipinski definition) is 1. The summed E-state index contributed by atoms with van der Waals surface area (Å²) in [6, 6.07) is 4.78. The van der Waals surface area contributed by atoms with E-state index in [0.717, 1.165) is 6.08 Å². The van der Waals surface area contributed by atoms with Crippen LogP contribution in [0.2, 0.25) is 5.02 Å². The van der Waals surface area contributed by atoms with Gasteiger partial charge in [0.1, 0.15) is 0 Å². The van der Waals surface area contributed by atoms with Crippen LogP contribution in [-0.4, -0.2) is 16.9 Å². The standard InChI is InChI=1S/C11H9ClO3/c1-7(13)9-6-8(2-4-10(9)12)3-5-11(14)15/h2-6H,1H3,(H,14,15). The molecule has 4 heteroatoms. The molecule has 0 radical (unpaired) electrons. The zero-order valence-electron chi connectivity index (χ0n) is 8.03. The molecule has 78 valence electrons. The first kappa shape index (κ1) is 11.5. The van der Waals surface area contributed by atoms with E-state index in [-0.39, 0.29) is 5.78 Å². The number of ketones is 1. The molecule has 0 saturated heterocycles. The summed E-state index contributed by atoms with van der Waals surface area (Å²) < 4.78 is 0. The van der Waals surface area contributed by atoms with Crippen LogP contribution in [0.3, 0.4) is 0 Å². The van der Waals surface area contributed by atoms with Gasteiger partial charge in [0.2, 0.25) is 0 Å². The van der Waals surface area contributed by atoms with E-state index < -0.39 is 5.97 Å². The van der Waals surface area contributed by atoms with Gasteiger partial charge in [-0.15, -0.1) is 0 Å². The van der Waals surface area contributed by atoms with Crippen molar-refractivity contribution in [1.82, 2.24) is 0 Å². The highest BCUT2D eigenvalue weighted by atomic mass is 35.5. The maximum atomic E-state index is 11.1. The maximum Gasteiger partial charge on any atom is 0.328 e. The van der Waals surface area contributed by atoms with Gasteiger partial charge >= 0.3 is 5.97 Å². The summed E-state index contributed by atoms with van der Waals surface area (Å²) in [5.41, 5.74) is 1.02. The fourth-order valence-corrected chi connectivity index (χ4v) is 1.33. The topological polar surface area (TPSA) is 54.4 Å². The Morgan fingerprint density at radius 2 is 2.07 bits per heavy atom. The first-order valence-corrected chi connectivity index (χ1v) is 4.60. The van der Waals surface area contributed by atoms with Crippen LogP contribution in [-0.2, 0) is 4.79 Å². The molecule has 1 rings (SSSR count). The van der Waals surface area contributed by atoms with Gasteiger partial charge in [0.25, 0.3) is 0 Å². The summed E-state index contributed by atoms with van der Waals surface area (Å²) in [7, 11) is 0. The van der Waals surface area contributed by atoms with Crippen molar-refractivity contribution < 1.29 is 14.7 Å². The van der Waals surface area contributed by atoms with Crippen LogP contribution >= 0.6 is 11.6 Å². The van der Waals surface area contributed by atoms with Gasteiger partial charge in [-0.1, -0.05) is 17.7 Å². The van der Waals surface area contributed by atoms with Gasteiger partial charge in [0, 0.05) is 11.6 Å². The lowest BCUT2D eigenvalue weighted by molar-refractivity contribution is -0.131. The lowest BCUT2D eigenvalue weighted by Gasteiger charge is -2.00. The molecule has 0 aliphatic heterocycles. The summed E-state index contributed by atoms with van der Waals surface area (Å²) in [5, 5.41) is 8.80. The molecule has 0 bridgehead atoms. The molecule has 0 unspecified atom stereocenters. The number of carboxylic acids is 1. The normalized spacial score (nSPS) is 10.5. The predicted molar refractivity (Wildman–Crippen MR) is 58.1 cm³/mol. The van der Waals surface area contributed by atoms with E-state index in [2.05, 4.69) is 0 Å². The lowest BCUT2D eigenvalue weighted by Crippen LogP contribution is -1.94. The molecule has 3 nitrogen and oxygen atoms in total. The minimum Gasteiger partial charge on any atom is -0.478 e. The van der Waals surface area contributed by atoms with Gasteiger partial charge < -0.3 is 5.11 Å². The molecule has 0 aromatic heterocycles. The molecule has 0 saturated carbocycles. The summed E-state index contributed by atoms with van der Waals surface area (Å²) in [5.74, 6) is -1.18. The molecular weight excluding hydrogens is 216 g/mol. The van der Waals surface area contributed by atoms with Gasteiger partial charge in [-0.2, -0.15) is 0 Å². The fourth-order valence-electron chi connectivity index (χ4n) is 1.08. The molecule has 0 amide bonds. The molecule has 0 fully saturated rings. The average Bonchev–Trinajstić information content (AvgIpc) is 2.16. The number of aliphatic carboxylic acids is 1. The van der Waals surface area contributed by atoms with E-state index in [1.165, 1.54) is 13.0 Å². The third-order valence-electron chi connectivity index (χ3n) is 1.79. The summed E-state index contributed by atoms with van der Waals surface area (Å²) in [6.07, 6.45) is 2.41. The molecule has 0 spiro atoms. The van der Waals surface area contributed by atoms with Crippen LogP contribution in [0.15, 0.2) is 24.3 Å². The number of rotatable bonds is 3. The molecule has 1 N–H and O–H groups in total. The number of hydrogen-bond acceptors (Lipinski definition) is 2. The highest BCUT2D eigenvalue weighted by Gasteiger charge is 2.05. The van der Waals surface area contributed by atoms with Crippen LogP contribution in [0.5, 0.6) is 0 Å². The Bertz CT molecular complexity index is 435. The third-order valence-corrected chi connectivity index (χ3v) is 2.12. The predicted octanol–water partition coefficient (Wildman–Crippen LogP) is 2.64. The fraction of sp³-hybridized carbons (Fsp3) is 0.0909. The number of carbonyl (C=O) groups excluding carboxylic acids is 1. The number of carboxylic acid groups (broad SMARTS) is 1. The van der Waals surface area contributed by atoms with Gasteiger partial charge in [-0.05, 0) is 30.7 Å². The number of halogens is 1.